The number of rotatable bonds is 0. The van der Waals surface area contributed by atoms with Crippen LogP contribution in [0, 0.1) is 13.8 Å². The largest absolute Gasteiger partial charge is 0.680 e. The van der Waals surface area contributed by atoms with Crippen molar-refractivity contribution in [2.45, 2.75) is 53.1 Å². The van der Waals surface area contributed by atoms with Crippen molar-refractivity contribution < 1.29 is 25.8 Å². The summed E-state index contributed by atoms with van der Waals surface area (Å²) < 4.78 is 0. The fourth-order valence-corrected chi connectivity index (χ4v) is 2.61. The Morgan fingerprint density at radius 3 is 1.10 bits per heavy atom. The molecular weight excluding hydrogens is 441 g/mol. The van der Waals surface area contributed by atoms with Gasteiger partial charge in [-0.2, -0.15) is 12.1 Å². The molecule has 0 saturated heterocycles. The summed E-state index contributed by atoms with van der Waals surface area (Å²) >= 11 is 0. The van der Waals surface area contributed by atoms with Crippen molar-refractivity contribution in [3.05, 3.63) is 94.7 Å². The second-order valence-corrected chi connectivity index (χ2v) is 18.8. The van der Waals surface area contributed by atoms with Crippen LogP contribution in [0.1, 0.15) is 11.1 Å². The average molecular weight is 480 g/mol. The number of nitrogens with one attached hydrogen (secondary N) is 2. The van der Waals surface area contributed by atoms with Crippen LogP contribution in [0.3, 0.4) is 0 Å². The molecule has 0 bridgehead atoms. The van der Waals surface area contributed by atoms with E-state index in [1.807, 2.05) is 39.3 Å². The van der Waals surface area contributed by atoms with E-state index in [1.165, 1.54) is 32.7 Å². The van der Waals surface area contributed by atoms with Crippen molar-refractivity contribution in [2.75, 3.05) is 0 Å². The van der Waals surface area contributed by atoms with Crippen molar-refractivity contribution in [3.63, 3.8) is 0 Å². The van der Waals surface area contributed by atoms with Gasteiger partial charge in [-0.25, -0.2) is 0 Å². The van der Waals surface area contributed by atoms with Crippen LogP contribution in [0.25, 0.3) is 32.3 Å². The molecule has 5 heteroatoms. The van der Waals surface area contributed by atoms with Crippen LogP contribution in [0.5, 0.6) is 0 Å². The van der Waals surface area contributed by atoms with Gasteiger partial charge >= 0.3 is 0 Å². The first kappa shape index (κ1) is 29.9. The van der Waals surface area contributed by atoms with Crippen LogP contribution in [0.4, 0.5) is 0 Å². The third-order valence-corrected chi connectivity index (χ3v) is 3.52. The van der Waals surface area contributed by atoms with Crippen molar-refractivity contribution >= 4 is 38.0 Å². The van der Waals surface area contributed by atoms with E-state index in [-0.39, 0.29) is 25.8 Å². The first-order valence-electron chi connectivity index (χ1n) is 10.5. The summed E-state index contributed by atoms with van der Waals surface area (Å²) in [5.41, 5.74) is 2.70. The summed E-state index contributed by atoms with van der Waals surface area (Å²) in [7, 11) is -2.72. The number of benzene rings is 2. The molecule has 31 heavy (non-hydrogen) atoms. The molecule has 4 rings (SSSR count). The molecule has 2 nitrogen and oxygen atoms in total. The van der Waals surface area contributed by atoms with Gasteiger partial charge in [0.15, 0.2) is 0 Å². The molecule has 0 aromatic heterocycles. The van der Waals surface area contributed by atoms with Gasteiger partial charge in [0, 0.05) is 25.8 Å². The Hall–Kier alpha value is -1.12. The van der Waals surface area contributed by atoms with Gasteiger partial charge in [-0.15, -0.1) is 81.2 Å². The van der Waals surface area contributed by atoms with E-state index in [1.54, 1.807) is 0 Å². The van der Waals surface area contributed by atoms with E-state index in [9.17, 15) is 0 Å². The Bertz CT molecular complexity index is 859. The van der Waals surface area contributed by atoms with Crippen molar-refractivity contribution in [1.29, 1.82) is 0 Å². The molecule has 0 heterocycles. The summed E-state index contributed by atoms with van der Waals surface area (Å²) in [6.45, 7) is 16.2. The topological polar surface area (TPSA) is 47.6 Å². The van der Waals surface area contributed by atoms with E-state index in [4.69, 9.17) is 10.8 Å². The predicted molar refractivity (Wildman–Crippen MR) is 144 cm³/mol. The maximum absolute atomic E-state index is 7.08. The first-order chi connectivity index (χ1) is 13.7. The van der Waals surface area contributed by atoms with Gasteiger partial charge in [0.25, 0.3) is 0 Å². The zero-order chi connectivity index (χ0) is 22.9. The van der Waals surface area contributed by atoms with Crippen LogP contribution >= 0.6 is 0 Å². The minimum Gasteiger partial charge on any atom is -0.680 e. The van der Waals surface area contributed by atoms with Crippen molar-refractivity contribution in [1.82, 2.24) is 0 Å². The van der Waals surface area contributed by atoms with Gasteiger partial charge in [0.2, 0.25) is 0 Å². The molecule has 0 fully saturated rings. The molecule has 4 aromatic rings. The molecular formula is C26H38N2ScSi2-4. The quantitative estimate of drug-likeness (QED) is 0.178. The van der Waals surface area contributed by atoms with E-state index < -0.39 is 16.5 Å². The number of fused-ring (bicyclic) bond motifs is 2. The van der Waals surface area contributed by atoms with Crippen LogP contribution in [-0.2, 0) is 25.8 Å². The minimum atomic E-state index is -1.36. The number of aryl methyl sites for hydroxylation is 2. The molecule has 0 unspecified atom stereocenters. The van der Waals surface area contributed by atoms with E-state index in [0.29, 0.717) is 0 Å². The summed E-state index contributed by atoms with van der Waals surface area (Å²) in [6, 6.07) is 25.7. The normalized spacial score (nSPS) is 10.6. The first-order valence-corrected chi connectivity index (χ1v) is 17.5. The molecule has 0 aliphatic rings. The van der Waals surface area contributed by atoms with Crippen LogP contribution in [-0.4, -0.2) is 16.5 Å². The number of hydrogen-bond donors (Lipinski definition) is 0. The smallest absolute Gasteiger partial charge is 0 e. The molecule has 2 N–H and O–H groups in total. The van der Waals surface area contributed by atoms with E-state index >= 15 is 0 Å². The summed E-state index contributed by atoms with van der Waals surface area (Å²) in [5, 5.41) is 19.5. The molecule has 0 saturated carbocycles. The maximum atomic E-state index is 7.08. The zero-order valence-electron chi connectivity index (χ0n) is 20.5. The SMILES string of the molecule is C[Si](C)(C)[NH-].C[Si](C)(C)[NH-].Cc1cc2ccccc2[cH-]1.Cc1cc2ccccc2[cH-]1.[Sc]. The van der Waals surface area contributed by atoms with Gasteiger partial charge in [0.1, 0.15) is 0 Å². The van der Waals surface area contributed by atoms with Gasteiger partial charge in [-0.1, -0.05) is 81.7 Å². The monoisotopic (exact) mass is 479 g/mol. The zero-order valence-corrected chi connectivity index (χ0v) is 24.3. The number of hydrogen-bond acceptors (Lipinski definition) is 0. The minimum absolute atomic E-state index is 0. The van der Waals surface area contributed by atoms with Crippen LogP contribution in [0.15, 0.2) is 72.8 Å². The van der Waals surface area contributed by atoms with Crippen molar-refractivity contribution in [3.8, 4) is 0 Å². The van der Waals surface area contributed by atoms with Gasteiger partial charge in [0.05, 0.1) is 0 Å². The van der Waals surface area contributed by atoms with E-state index in [2.05, 4.69) is 86.6 Å². The van der Waals surface area contributed by atoms with E-state index in [0.717, 1.165) is 0 Å². The Morgan fingerprint density at radius 1 is 0.581 bits per heavy atom. The standard InChI is InChI=1S/2C10H9.2C3H10NSi.Sc/c2*1-8-6-9-4-2-3-5-10(9)7-8;2*1-5(2,3)4;/h2*2-7H,1H3;2*4H,1-3H3;/q4*-1;. The molecule has 0 aliphatic heterocycles. The third kappa shape index (κ3) is 15.3. The summed E-state index contributed by atoms with van der Waals surface area (Å²) in [4.78, 5) is 0. The average Bonchev–Trinajstić information content (AvgIpc) is 3.12. The van der Waals surface area contributed by atoms with Crippen LogP contribution in [0.2, 0.25) is 39.3 Å². The third-order valence-electron chi connectivity index (χ3n) is 3.52. The fourth-order valence-electron chi connectivity index (χ4n) is 2.61. The molecule has 0 amide bonds. The fraction of sp³-hybridized carbons (Fsp3) is 0.308. The molecule has 167 valence electrons. The second kappa shape index (κ2) is 13.4. The molecule has 1 radical (unpaired) electrons. The molecule has 0 aliphatic carbocycles. The Kier molecular flexibility index (Phi) is 13.0. The molecule has 4 aromatic carbocycles. The van der Waals surface area contributed by atoms with Gasteiger partial charge in [-0.3, -0.25) is 0 Å². The van der Waals surface area contributed by atoms with Crippen molar-refractivity contribution in [2.24, 2.45) is 0 Å². The molecule has 0 spiro atoms. The molecule has 0 atom stereocenters. The maximum Gasteiger partial charge on any atom is 0 e. The Balaban J connectivity index is 0.000000407. The van der Waals surface area contributed by atoms with Gasteiger partial charge < -0.3 is 10.8 Å². The second-order valence-electron chi connectivity index (χ2n) is 9.82. The summed E-state index contributed by atoms with van der Waals surface area (Å²) in [5.74, 6) is 0. The predicted octanol–water partition coefficient (Wildman–Crippen LogP) is 9.48. The summed E-state index contributed by atoms with van der Waals surface area (Å²) in [6.07, 6.45) is 0. The van der Waals surface area contributed by atoms with Gasteiger partial charge in [-0.05, 0) is 0 Å². The Labute approximate surface area is 210 Å². The van der Waals surface area contributed by atoms with Crippen LogP contribution < -0.4 is 0 Å². The Morgan fingerprint density at radius 2 is 0.839 bits per heavy atom.